The number of rotatable bonds is 5. The van der Waals surface area contributed by atoms with Crippen molar-refractivity contribution in [3.8, 4) is 5.75 Å². The van der Waals surface area contributed by atoms with Gasteiger partial charge < -0.3 is 9.47 Å². The van der Waals surface area contributed by atoms with E-state index in [2.05, 4.69) is 4.74 Å². The van der Waals surface area contributed by atoms with Crippen LogP contribution in [0.1, 0.15) is 16.1 Å². The van der Waals surface area contributed by atoms with Crippen molar-refractivity contribution < 1.29 is 19.1 Å². The third-order valence-electron chi connectivity index (χ3n) is 1.56. The van der Waals surface area contributed by atoms with Gasteiger partial charge in [-0.15, -0.1) is 11.3 Å². The number of carbonyl (C=O) groups is 2. The van der Waals surface area contributed by atoms with E-state index in [-0.39, 0.29) is 19.0 Å². The van der Waals surface area contributed by atoms with Crippen molar-refractivity contribution in [3.63, 3.8) is 0 Å². The molecule has 4 nitrogen and oxygen atoms in total. The van der Waals surface area contributed by atoms with Crippen LogP contribution in [0.3, 0.4) is 0 Å². The van der Waals surface area contributed by atoms with Crippen LogP contribution < -0.4 is 4.74 Å². The second-order valence-electron chi connectivity index (χ2n) is 2.44. The number of hydrogen-bond acceptors (Lipinski definition) is 5. The van der Waals surface area contributed by atoms with Crippen LogP contribution in [0, 0.1) is 0 Å². The van der Waals surface area contributed by atoms with Crippen LogP contribution in [0.15, 0.2) is 11.4 Å². The van der Waals surface area contributed by atoms with Crippen LogP contribution in [0.25, 0.3) is 0 Å². The summed E-state index contributed by atoms with van der Waals surface area (Å²) >= 11 is 1.30. The lowest BCUT2D eigenvalue weighted by atomic mass is 10.4. The van der Waals surface area contributed by atoms with Gasteiger partial charge in [0.15, 0.2) is 6.29 Å². The molecule has 0 fully saturated rings. The maximum absolute atomic E-state index is 10.7. The lowest BCUT2D eigenvalue weighted by Gasteiger charge is -2.03. The van der Waals surface area contributed by atoms with Gasteiger partial charge in [0, 0.05) is 0 Å². The number of aldehydes is 1. The molecule has 0 aliphatic rings. The Kier molecular flexibility index (Phi) is 4.12. The molecule has 0 spiro atoms. The molecule has 0 unspecified atom stereocenters. The van der Waals surface area contributed by atoms with Gasteiger partial charge in [0.25, 0.3) is 0 Å². The molecular formula is C9H10O4S. The van der Waals surface area contributed by atoms with Crippen molar-refractivity contribution in [2.24, 2.45) is 0 Å². The van der Waals surface area contributed by atoms with Gasteiger partial charge in [0.1, 0.15) is 10.6 Å². The molecule has 0 radical (unpaired) electrons. The van der Waals surface area contributed by atoms with Crippen molar-refractivity contribution in [2.75, 3.05) is 13.7 Å². The van der Waals surface area contributed by atoms with Gasteiger partial charge in [0.05, 0.1) is 20.1 Å². The Bertz CT molecular complexity index is 318. The van der Waals surface area contributed by atoms with Crippen molar-refractivity contribution in [1.82, 2.24) is 0 Å². The first-order chi connectivity index (χ1) is 6.77. The Labute approximate surface area is 85.4 Å². The summed E-state index contributed by atoms with van der Waals surface area (Å²) < 4.78 is 9.66. The highest BCUT2D eigenvalue weighted by molar-refractivity contribution is 7.12. The molecule has 0 amide bonds. The lowest BCUT2D eigenvalue weighted by molar-refractivity contribution is -0.141. The van der Waals surface area contributed by atoms with E-state index < -0.39 is 0 Å². The number of methoxy groups -OCH3 is 1. The van der Waals surface area contributed by atoms with Crippen LogP contribution in [0.5, 0.6) is 5.75 Å². The molecule has 0 aromatic carbocycles. The number of carbonyl (C=O) groups excluding carboxylic acids is 2. The van der Waals surface area contributed by atoms with Gasteiger partial charge in [-0.3, -0.25) is 9.59 Å². The van der Waals surface area contributed by atoms with Crippen molar-refractivity contribution in [2.45, 2.75) is 6.42 Å². The molecular weight excluding hydrogens is 204 g/mol. The minimum atomic E-state index is -0.326. The van der Waals surface area contributed by atoms with Gasteiger partial charge in [0.2, 0.25) is 0 Å². The van der Waals surface area contributed by atoms with Gasteiger partial charge >= 0.3 is 5.97 Å². The first-order valence-corrected chi connectivity index (χ1v) is 4.88. The number of thiophene rings is 1. The van der Waals surface area contributed by atoms with Crippen LogP contribution in [-0.4, -0.2) is 26.0 Å². The Morgan fingerprint density at radius 1 is 1.64 bits per heavy atom. The van der Waals surface area contributed by atoms with Crippen molar-refractivity contribution in [3.05, 3.63) is 16.3 Å². The summed E-state index contributed by atoms with van der Waals surface area (Å²) in [5.41, 5.74) is 0. The van der Waals surface area contributed by atoms with Gasteiger partial charge in [-0.1, -0.05) is 0 Å². The molecule has 0 bridgehead atoms. The fourth-order valence-corrected chi connectivity index (χ4v) is 1.50. The zero-order valence-corrected chi connectivity index (χ0v) is 8.50. The van der Waals surface area contributed by atoms with E-state index in [4.69, 9.17) is 4.74 Å². The second kappa shape index (κ2) is 5.39. The number of ether oxygens (including phenoxy) is 2. The number of hydrogen-bond donors (Lipinski definition) is 0. The summed E-state index contributed by atoms with van der Waals surface area (Å²) in [5.74, 6) is 0.196. The van der Waals surface area contributed by atoms with Gasteiger partial charge in [-0.2, -0.15) is 0 Å². The molecule has 0 atom stereocenters. The first-order valence-electron chi connectivity index (χ1n) is 4.00. The predicted molar refractivity (Wildman–Crippen MR) is 51.8 cm³/mol. The Balaban J connectivity index is 2.38. The standard InChI is InChI=1S/C9H10O4S/c1-12-9(11)2-4-13-7-3-5-14-8(7)6-10/h3,5-6H,2,4H2,1H3. The maximum Gasteiger partial charge on any atom is 0.308 e. The SMILES string of the molecule is COC(=O)CCOc1ccsc1C=O. The van der Waals surface area contributed by atoms with Crippen molar-refractivity contribution in [1.29, 1.82) is 0 Å². The third-order valence-corrected chi connectivity index (χ3v) is 2.38. The van der Waals surface area contributed by atoms with E-state index in [0.717, 1.165) is 6.29 Å². The average molecular weight is 214 g/mol. The van der Waals surface area contributed by atoms with E-state index >= 15 is 0 Å². The molecule has 1 aromatic heterocycles. The van der Waals surface area contributed by atoms with E-state index in [1.54, 1.807) is 11.4 Å². The normalized spacial score (nSPS) is 9.50. The van der Waals surface area contributed by atoms with Crippen LogP contribution >= 0.6 is 11.3 Å². The summed E-state index contributed by atoms with van der Waals surface area (Å²) in [6.07, 6.45) is 0.919. The fraction of sp³-hybridized carbons (Fsp3) is 0.333. The molecule has 1 heterocycles. The molecule has 0 saturated carbocycles. The summed E-state index contributed by atoms with van der Waals surface area (Å²) in [6.45, 7) is 0.226. The quantitative estimate of drug-likeness (QED) is 0.550. The zero-order chi connectivity index (χ0) is 10.4. The monoisotopic (exact) mass is 214 g/mol. The number of esters is 1. The van der Waals surface area contributed by atoms with Crippen molar-refractivity contribution >= 4 is 23.6 Å². The highest BCUT2D eigenvalue weighted by Crippen LogP contribution is 2.22. The van der Waals surface area contributed by atoms with Crippen LogP contribution in [0.2, 0.25) is 0 Å². The van der Waals surface area contributed by atoms with Gasteiger partial charge in [-0.25, -0.2) is 0 Å². The minimum absolute atomic E-state index is 0.185. The molecule has 1 rings (SSSR count). The molecule has 76 valence electrons. The van der Waals surface area contributed by atoms with E-state index in [9.17, 15) is 9.59 Å². The predicted octanol–water partition coefficient (Wildman–Crippen LogP) is 1.50. The van der Waals surface area contributed by atoms with Gasteiger partial charge in [-0.05, 0) is 11.4 Å². The average Bonchev–Trinajstić information content (AvgIpc) is 2.65. The lowest BCUT2D eigenvalue weighted by Crippen LogP contribution is -2.07. The maximum atomic E-state index is 10.7. The topological polar surface area (TPSA) is 52.6 Å². The smallest absolute Gasteiger partial charge is 0.308 e. The van der Waals surface area contributed by atoms with E-state index in [1.807, 2.05) is 0 Å². The van der Waals surface area contributed by atoms with Crippen LogP contribution in [-0.2, 0) is 9.53 Å². The molecule has 0 aliphatic heterocycles. The fourth-order valence-electron chi connectivity index (χ4n) is 0.861. The molecule has 0 aliphatic carbocycles. The summed E-state index contributed by atoms with van der Waals surface area (Å²) in [5, 5.41) is 1.76. The Hall–Kier alpha value is -1.36. The summed E-state index contributed by atoms with van der Waals surface area (Å²) in [4.78, 5) is 21.7. The summed E-state index contributed by atoms with van der Waals surface area (Å²) in [7, 11) is 1.32. The first kappa shape index (κ1) is 10.7. The molecule has 0 saturated heterocycles. The largest absolute Gasteiger partial charge is 0.491 e. The van der Waals surface area contributed by atoms with E-state index in [1.165, 1.54) is 18.4 Å². The highest BCUT2D eigenvalue weighted by Gasteiger charge is 2.05. The molecule has 14 heavy (non-hydrogen) atoms. The zero-order valence-electron chi connectivity index (χ0n) is 7.69. The molecule has 5 heteroatoms. The molecule has 0 N–H and O–H groups in total. The third kappa shape index (κ3) is 2.85. The summed E-state index contributed by atoms with van der Waals surface area (Å²) in [6, 6.07) is 1.70. The minimum Gasteiger partial charge on any atom is -0.491 e. The second-order valence-corrected chi connectivity index (χ2v) is 3.39. The molecule has 1 aromatic rings. The highest BCUT2D eigenvalue weighted by atomic mass is 32.1. The van der Waals surface area contributed by atoms with Crippen LogP contribution in [0.4, 0.5) is 0 Å². The Morgan fingerprint density at radius 3 is 3.07 bits per heavy atom. The Morgan fingerprint density at radius 2 is 2.43 bits per heavy atom. The van der Waals surface area contributed by atoms with E-state index in [0.29, 0.717) is 10.6 Å².